The van der Waals surface area contributed by atoms with E-state index in [1.807, 2.05) is 6.20 Å². The number of piperidine rings is 1. The molecule has 0 aliphatic carbocycles. The second-order valence-electron chi connectivity index (χ2n) is 5.07. The van der Waals surface area contributed by atoms with Gasteiger partial charge in [-0.05, 0) is 62.9 Å². The van der Waals surface area contributed by atoms with Gasteiger partial charge in [-0.15, -0.1) is 0 Å². The summed E-state index contributed by atoms with van der Waals surface area (Å²) in [6.07, 6.45) is 8.25. The maximum Gasteiger partial charge on any atom is 0.128 e. The predicted molar refractivity (Wildman–Crippen MR) is 77.2 cm³/mol. The zero-order valence-electron chi connectivity index (χ0n) is 11.5. The summed E-state index contributed by atoms with van der Waals surface area (Å²) in [4.78, 5) is 6.94. The molecule has 0 spiro atoms. The van der Waals surface area contributed by atoms with Gasteiger partial charge in [0.2, 0.25) is 0 Å². The van der Waals surface area contributed by atoms with E-state index in [0.717, 1.165) is 19.5 Å². The van der Waals surface area contributed by atoms with Crippen molar-refractivity contribution in [2.45, 2.75) is 39.0 Å². The van der Waals surface area contributed by atoms with E-state index in [-0.39, 0.29) is 0 Å². The first kappa shape index (κ1) is 13.3. The highest BCUT2D eigenvalue weighted by Crippen LogP contribution is 2.18. The molecule has 0 radical (unpaired) electrons. The second kappa shape index (κ2) is 7.37. The van der Waals surface area contributed by atoms with Crippen LogP contribution in [-0.4, -0.2) is 31.2 Å². The van der Waals surface area contributed by atoms with Gasteiger partial charge in [-0.3, -0.25) is 0 Å². The lowest BCUT2D eigenvalue weighted by atomic mass is 10.1. The Morgan fingerprint density at radius 2 is 2.06 bits per heavy atom. The first-order valence-corrected chi connectivity index (χ1v) is 7.30. The van der Waals surface area contributed by atoms with E-state index < -0.39 is 0 Å². The minimum absolute atomic E-state index is 1.07. The summed E-state index contributed by atoms with van der Waals surface area (Å²) in [7, 11) is 0. The van der Waals surface area contributed by atoms with Crippen LogP contribution in [0.4, 0.5) is 5.82 Å². The summed E-state index contributed by atoms with van der Waals surface area (Å²) in [5.74, 6) is 1.17. The third kappa shape index (κ3) is 3.98. The number of hydrogen-bond donors (Lipinski definition) is 1. The van der Waals surface area contributed by atoms with Gasteiger partial charge in [-0.25, -0.2) is 4.98 Å². The van der Waals surface area contributed by atoms with Crippen molar-refractivity contribution in [3.8, 4) is 0 Å². The van der Waals surface area contributed by atoms with E-state index in [1.165, 1.54) is 50.2 Å². The molecule has 1 aliphatic heterocycles. The fourth-order valence-corrected chi connectivity index (χ4v) is 2.45. The molecule has 1 aromatic heterocycles. The van der Waals surface area contributed by atoms with Crippen molar-refractivity contribution in [3.63, 3.8) is 0 Å². The molecule has 0 aromatic carbocycles. The summed E-state index contributed by atoms with van der Waals surface area (Å²) in [6, 6.07) is 4.40. The Morgan fingerprint density at radius 1 is 1.22 bits per heavy atom. The van der Waals surface area contributed by atoms with Crippen LogP contribution in [0.1, 0.15) is 38.2 Å². The van der Waals surface area contributed by atoms with Crippen LogP contribution in [0.5, 0.6) is 0 Å². The molecule has 1 aliphatic rings. The number of anilines is 1. The summed E-state index contributed by atoms with van der Waals surface area (Å²) in [5.41, 5.74) is 1.40. The van der Waals surface area contributed by atoms with Crippen molar-refractivity contribution in [1.29, 1.82) is 0 Å². The highest BCUT2D eigenvalue weighted by Gasteiger charge is 2.11. The smallest absolute Gasteiger partial charge is 0.128 e. The molecular weight excluding hydrogens is 222 g/mol. The van der Waals surface area contributed by atoms with Crippen LogP contribution in [0.3, 0.4) is 0 Å². The van der Waals surface area contributed by atoms with Crippen molar-refractivity contribution in [2.24, 2.45) is 0 Å². The molecule has 0 saturated carbocycles. The average Bonchev–Trinajstić information content (AvgIpc) is 2.45. The van der Waals surface area contributed by atoms with Gasteiger partial charge < -0.3 is 10.2 Å². The Balaban J connectivity index is 1.88. The molecule has 0 bridgehead atoms. The Morgan fingerprint density at radius 3 is 2.83 bits per heavy atom. The molecule has 1 fully saturated rings. The van der Waals surface area contributed by atoms with Gasteiger partial charge in [-0.2, -0.15) is 0 Å². The van der Waals surface area contributed by atoms with Crippen LogP contribution in [-0.2, 0) is 6.42 Å². The molecule has 3 heteroatoms. The Hall–Kier alpha value is -1.09. The van der Waals surface area contributed by atoms with Gasteiger partial charge in [0, 0.05) is 19.3 Å². The lowest BCUT2D eigenvalue weighted by molar-refractivity contribution is 0.573. The SMILES string of the molecule is CCCNCCc1ccnc(N2CCCCC2)c1. The monoisotopic (exact) mass is 247 g/mol. The molecule has 0 unspecified atom stereocenters. The van der Waals surface area contributed by atoms with Crippen molar-refractivity contribution < 1.29 is 0 Å². The Bertz CT molecular complexity index is 345. The minimum atomic E-state index is 1.07. The molecule has 2 rings (SSSR count). The average molecular weight is 247 g/mol. The summed E-state index contributed by atoms with van der Waals surface area (Å²) in [6.45, 7) is 6.73. The third-order valence-corrected chi connectivity index (χ3v) is 3.51. The van der Waals surface area contributed by atoms with Gasteiger partial charge in [0.05, 0.1) is 0 Å². The number of nitrogens with one attached hydrogen (secondary N) is 1. The molecule has 100 valence electrons. The number of rotatable bonds is 6. The van der Waals surface area contributed by atoms with E-state index in [0.29, 0.717) is 0 Å². The number of aromatic nitrogens is 1. The molecule has 1 saturated heterocycles. The summed E-state index contributed by atoms with van der Waals surface area (Å²) >= 11 is 0. The fraction of sp³-hybridized carbons (Fsp3) is 0.667. The van der Waals surface area contributed by atoms with Crippen LogP contribution < -0.4 is 10.2 Å². The molecule has 3 nitrogen and oxygen atoms in total. The van der Waals surface area contributed by atoms with Crippen LogP contribution in [0.25, 0.3) is 0 Å². The van der Waals surface area contributed by atoms with E-state index in [9.17, 15) is 0 Å². The quantitative estimate of drug-likeness (QED) is 0.783. The molecule has 2 heterocycles. The molecule has 18 heavy (non-hydrogen) atoms. The first-order chi connectivity index (χ1) is 8.90. The summed E-state index contributed by atoms with van der Waals surface area (Å²) < 4.78 is 0. The van der Waals surface area contributed by atoms with Crippen LogP contribution >= 0.6 is 0 Å². The second-order valence-corrected chi connectivity index (χ2v) is 5.07. The normalized spacial score (nSPS) is 15.9. The third-order valence-electron chi connectivity index (χ3n) is 3.51. The van der Waals surface area contributed by atoms with Crippen molar-refractivity contribution >= 4 is 5.82 Å². The van der Waals surface area contributed by atoms with Gasteiger partial charge >= 0.3 is 0 Å². The standard InChI is InChI=1S/C15H25N3/c1-2-8-16-9-6-14-7-10-17-15(13-14)18-11-4-3-5-12-18/h7,10,13,16H,2-6,8-9,11-12H2,1H3. The number of nitrogens with zero attached hydrogens (tertiary/aromatic N) is 2. The van der Waals surface area contributed by atoms with Gasteiger partial charge in [0.15, 0.2) is 0 Å². The highest BCUT2D eigenvalue weighted by atomic mass is 15.2. The largest absolute Gasteiger partial charge is 0.357 e. The molecule has 0 atom stereocenters. The van der Waals surface area contributed by atoms with Crippen molar-refractivity contribution in [1.82, 2.24) is 10.3 Å². The minimum Gasteiger partial charge on any atom is -0.357 e. The van der Waals surface area contributed by atoms with Crippen molar-refractivity contribution in [2.75, 3.05) is 31.1 Å². The predicted octanol–water partition coefficient (Wildman–Crippen LogP) is 2.61. The van der Waals surface area contributed by atoms with Gasteiger partial charge in [-0.1, -0.05) is 6.92 Å². The summed E-state index contributed by atoms with van der Waals surface area (Å²) in [5, 5.41) is 3.45. The maximum absolute atomic E-state index is 4.51. The lowest BCUT2D eigenvalue weighted by Crippen LogP contribution is -2.30. The lowest BCUT2D eigenvalue weighted by Gasteiger charge is -2.27. The fourth-order valence-electron chi connectivity index (χ4n) is 2.45. The maximum atomic E-state index is 4.51. The molecule has 1 aromatic rings. The van der Waals surface area contributed by atoms with Crippen LogP contribution in [0, 0.1) is 0 Å². The Kier molecular flexibility index (Phi) is 5.46. The van der Waals surface area contributed by atoms with Crippen LogP contribution in [0.2, 0.25) is 0 Å². The van der Waals surface area contributed by atoms with Crippen molar-refractivity contribution in [3.05, 3.63) is 23.9 Å². The number of hydrogen-bond acceptors (Lipinski definition) is 3. The Labute approximate surface area is 111 Å². The molecular formula is C15H25N3. The highest BCUT2D eigenvalue weighted by molar-refractivity contribution is 5.41. The van der Waals surface area contributed by atoms with E-state index >= 15 is 0 Å². The van der Waals surface area contributed by atoms with Gasteiger partial charge in [0.1, 0.15) is 5.82 Å². The number of pyridine rings is 1. The van der Waals surface area contributed by atoms with Gasteiger partial charge in [0.25, 0.3) is 0 Å². The van der Waals surface area contributed by atoms with E-state index in [1.54, 1.807) is 0 Å². The zero-order valence-corrected chi connectivity index (χ0v) is 11.5. The molecule has 1 N–H and O–H groups in total. The van der Waals surface area contributed by atoms with Crippen LogP contribution in [0.15, 0.2) is 18.3 Å². The van der Waals surface area contributed by atoms with E-state index in [4.69, 9.17) is 0 Å². The van der Waals surface area contributed by atoms with E-state index in [2.05, 4.69) is 34.3 Å². The first-order valence-electron chi connectivity index (χ1n) is 7.30. The topological polar surface area (TPSA) is 28.2 Å². The molecule has 0 amide bonds. The zero-order chi connectivity index (χ0) is 12.6.